The predicted molar refractivity (Wildman–Crippen MR) is 76.4 cm³/mol. The molecule has 0 radical (unpaired) electrons. The van der Waals surface area contributed by atoms with E-state index in [9.17, 15) is 4.79 Å². The van der Waals surface area contributed by atoms with Crippen LogP contribution in [0.25, 0.3) is 0 Å². The van der Waals surface area contributed by atoms with Crippen molar-refractivity contribution in [2.45, 2.75) is 25.8 Å². The zero-order chi connectivity index (χ0) is 14.1. The first kappa shape index (κ1) is 13.0. The van der Waals surface area contributed by atoms with Gasteiger partial charge in [-0.3, -0.25) is 9.79 Å². The molecular formula is C15H18N2O3. The van der Waals surface area contributed by atoms with Gasteiger partial charge in [-0.2, -0.15) is 0 Å². The molecule has 0 bridgehead atoms. The largest absolute Gasteiger partial charge is 0.493 e. The Kier molecular flexibility index (Phi) is 3.34. The van der Waals surface area contributed by atoms with E-state index in [1.54, 1.807) is 19.2 Å². The molecule has 5 heteroatoms. The maximum absolute atomic E-state index is 12.6. The minimum absolute atomic E-state index is 0.0290. The first-order valence-corrected chi connectivity index (χ1v) is 6.94. The summed E-state index contributed by atoms with van der Waals surface area (Å²) in [6.07, 6.45) is 3.89. The second kappa shape index (κ2) is 5.15. The van der Waals surface area contributed by atoms with Crippen LogP contribution in [0, 0.1) is 0 Å². The monoisotopic (exact) mass is 274 g/mol. The van der Waals surface area contributed by atoms with E-state index in [1.165, 1.54) is 0 Å². The molecule has 3 rings (SSSR count). The van der Waals surface area contributed by atoms with Gasteiger partial charge in [-0.1, -0.05) is 0 Å². The summed E-state index contributed by atoms with van der Waals surface area (Å²) < 4.78 is 10.9. The Morgan fingerprint density at radius 3 is 3.00 bits per heavy atom. The van der Waals surface area contributed by atoms with E-state index in [0.717, 1.165) is 19.4 Å². The molecule has 5 nitrogen and oxygen atoms in total. The standard InChI is InChI=1S/C15H18N2O3/c1-3-20-14-8-12-11(7-13(14)19-2)15(18)17-6-4-5-10(17)9-16-12/h7-10H,3-6H2,1-2H3/t10-/m0/s1. The number of ether oxygens (including phenoxy) is 2. The van der Waals surface area contributed by atoms with Gasteiger partial charge in [0.15, 0.2) is 11.5 Å². The lowest BCUT2D eigenvalue weighted by Crippen LogP contribution is -2.35. The van der Waals surface area contributed by atoms with E-state index < -0.39 is 0 Å². The second-order valence-electron chi connectivity index (χ2n) is 4.94. The molecule has 1 amide bonds. The van der Waals surface area contributed by atoms with Crippen molar-refractivity contribution in [1.29, 1.82) is 0 Å². The Bertz CT molecular complexity index is 568. The Hall–Kier alpha value is -2.04. The highest BCUT2D eigenvalue weighted by atomic mass is 16.5. The van der Waals surface area contributed by atoms with E-state index in [1.807, 2.05) is 18.0 Å². The second-order valence-corrected chi connectivity index (χ2v) is 4.94. The van der Waals surface area contributed by atoms with Crippen LogP contribution in [0.4, 0.5) is 5.69 Å². The van der Waals surface area contributed by atoms with Gasteiger partial charge in [-0.05, 0) is 25.8 Å². The third kappa shape index (κ3) is 2.03. The molecule has 1 fully saturated rings. The minimum atomic E-state index is 0.0290. The average Bonchev–Trinajstić information content (AvgIpc) is 2.88. The number of aliphatic imine (C=N–C) groups is 1. The molecule has 2 aliphatic rings. The number of benzene rings is 1. The van der Waals surface area contributed by atoms with Gasteiger partial charge >= 0.3 is 0 Å². The molecular weight excluding hydrogens is 256 g/mol. The summed E-state index contributed by atoms with van der Waals surface area (Å²) in [4.78, 5) is 19.0. The molecule has 2 aliphatic heterocycles. The van der Waals surface area contributed by atoms with Gasteiger partial charge in [0.05, 0.1) is 31.0 Å². The first-order valence-electron chi connectivity index (χ1n) is 6.94. The van der Waals surface area contributed by atoms with Crippen LogP contribution in [0.5, 0.6) is 11.5 Å². The van der Waals surface area contributed by atoms with Crippen LogP contribution in [-0.2, 0) is 0 Å². The summed E-state index contributed by atoms with van der Waals surface area (Å²) in [5.41, 5.74) is 1.25. The van der Waals surface area contributed by atoms with E-state index in [2.05, 4.69) is 4.99 Å². The predicted octanol–water partition coefficient (Wildman–Crippen LogP) is 2.41. The Morgan fingerprint density at radius 1 is 1.40 bits per heavy atom. The summed E-state index contributed by atoms with van der Waals surface area (Å²) in [5, 5.41) is 0. The number of amides is 1. The Morgan fingerprint density at radius 2 is 2.25 bits per heavy atom. The number of nitrogens with zero attached hydrogens (tertiary/aromatic N) is 2. The molecule has 1 aromatic carbocycles. The zero-order valence-electron chi connectivity index (χ0n) is 11.8. The number of hydrogen-bond acceptors (Lipinski definition) is 4. The smallest absolute Gasteiger partial charge is 0.256 e. The first-order chi connectivity index (χ1) is 9.74. The fourth-order valence-electron chi connectivity index (χ4n) is 2.78. The lowest BCUT2D eigenvalue weighted by atomic mass is 10.1. The van der Waals surface area contributed by atoms with Crippen molar-refractivity contribution in [3.05, 3.63) is 17.7 Å². The van der Waals surface area contributed by atoms with Crippen molar-refractivity contribution in [2.24, 2.45) is 4.99 Å². The van der Waals surface area contributed by atoms with Crippen molar-refractivity contribution in [3.8, 4) is 11.5 Å². The summed E-state index contributed by atoms with van der Waals surface area (Å²) in [6.45, 7) is 3.25. The van der Waals surface area contributed by atoms with Gasteiger partial charge in [0.2, 0.25) is 0 Å². The summed E-state index contributed by atoms with van der Waals surface area (Å²) in [5.74, 6) is 1.23. The molecule has 0 N–H and O–H groups in total. The fourth-order valence-corrected chi connectivity index (χ4v) is 2.78. The van der Waals surface area contributed by atoms with Gasteiger partial charge in [-0.15, -0.1) is 0 Å². The Balaban J connectivity index is 2.08. The highest BCUT2D eigenvalue weighted by Gasteiger charge is 2.32. The quantitative estimate of drug-likeness (QED) is 0.850. The molecule has 1 atom stereocenters. The van der Waals surface area contributed by atoms with Crippen LogP contribution >= 0.6 is 0 Å². The van der Waals surface area contributed by atoms with Crippen LogP contribution in [-0.4, -0.2) is 43.3 Å². The normalized spacial score (nSPS) is 20.4. The van der Waals surface area contributed by atoms with Gasteiger partial charge in [0.1, 0.15) is 0 Å². The minimum Gasteiger partial charge on any atom is -0.493 e. The van der Waals surface area contributed by atoms with E-state index >= 15 is 0 Å². The van der Waals surface area contributed by atoms with E-state index in [0.29, 0.717) is 29.4 Å². The van der Waals surface area contributed by atoms with Crippen molar-refractivity contribution < 1.29 is 14.3 Å². The van der Waals surface area contributed by atoms with Crippen molar-refractivity contribution in [2.75, 3.05) is 20.3 Å². The SMILES string of the molecule is CCOc1cc2c(cc1OC)C(=O)N1CCC[C@H]1C=N2. The molecule has 0 aromatic heterocycles. The highest BCUT2D eigenvalue weighted by molar-refractivity contribution is 6.03. The zero-order valence-corrected chi connectivity index (χ0v) is 11.8. The molecule has 20 heavy (non-hydrogen) atoms. The van der Waals surface area contributed by atoms with Gasteiger partial charge in [0.25, 0.3) is 5.91 Å². The Labute approximate surface area is 118 Å². The van der Waals surface area contributed by atoms with Crippen LogP contribution in [0.3, 0.4) is 0 Å². The molecule has 1 saturated heterocycles. The summed E-state index contributed by atoms with van der Waals surface area (Å²) in [7, 11) is 1.58. The number of carbonyl (C=O) groups excluding carboxylic acids is 1. The maximum atomic E-state index is 12.6. The average molecular weight is 274 g/mol. The molecule has 0 aliphatic carbocycles. The van der Waals surface area contributed by atoms with Crippen LogP contribution in [0.1, 0.15) is 30.1 Å². The number of carbonyl (C=O) groups is 1. The molecule has 0 unspecified atom stereocenters. The van der Waals surface area contributed by atoms with Crippen LogP contribution in [0.2, 0.25) is 0 Å². The van der Waals surface area contributed by atoms with Crippen molar-refractivity contribution in [3.63, 3.8) is 0 Å². The van der Waals surface area contributed by atoms with Crippen LogP contribution < -0.4 is 9.47 Å². The molecule has 2 heterocycles. The summed E-state index contributed by atoms with van der Waals surface area (Å²) >= 11 is 0. The van der Waals surface area contributed by atoms with Gasteiger partial charge in [0, 0.05) is 18.8 Å². The van der Waals surface area contributed by atoms with Gasteiger partial charge in [-0.25, -0.2) is 0 Å². The number of hydrogen-bond donors (Lipinski definition) is 0. The van der Waals surface area contributed by atoms with E-state index in [4.69, 9.17) is 9.47 Å². The lowest BCUT2D eigenvalue weighted by Gasteiger charge is -2.20. The molecule has 106 valence electrons. The third-order valence-corrected chi connectivity index (χ3v) is 3.76. The number of fused-ring (bicyclic) bond motifs is 2. The van der Waals surface area contributed by atoms with Crippen molar-refractivity contribution >= 4 is 17.8 Å². The summed E-state index contributed by atoms with van der Waals surface area (Å²) in [6, 6.07) is 3.64. The fraction of sp³-hybridized carbons (Fsp3) is 0.467. The highest BCUT2D eigenvalue weighted by Crippen LogP contribution is 2.37. The number of methoxy groups -OCH3 is 1. The molecule has 1 aromatic rings. The van der Waals surface area contributed by atoms with Crippen LogP contribution in [0.15, 0.2) is 17.1 Å². The number of rotatable bonds is 3. The van der Waals surface area contributed by atoms with Gasteiger partial charge < -0.3 is 14.4 Å². The van der Waals surface area contributed by atoms with Crippen molar-refractivity contribution in [1.82, 2.24) is 4.90 Å². The van der Waals surface area contributed by atoms with E-state index in [-0.39, 0.29) is 11.9 Å². The molecule has 0 saturated carbocycles. The lowest BCUT2D eigenvalue weighted by molar-refractivity contribution is 0.0774. The topological polar surface area (TPSA) is 51.1 Å². The third-order valence-electron chi connectivity index (χ3n) is 3.76. The molecule has 0 spiro atoms. The maximum Gasteiger partial charge on any atom is 0.256 e.